The number of aliphatic imine (C=N–C) groups is 2. The highest BCUT2D eigenvalue weighted by Gasteiger charge is 2.51. The molecule has 1 aliphatic heterocycles. The van der Waals surface area contributed by atoms with E-state index in [-0.39, 0.29) is 0 Å². The molecule has 0 spiro atoms. The van der Waals surface area contributed by atoms with Gasteiger partial charge in [0, 0.05) is 0 Å². The first-order valence-corrected chi connectivity index (χ1v) is 7.49. The van der Waals surface area contributed by atoms with Crippen LogP contribution in [0.5, 0.6) is 0 Å². The average Bonchev–Trinajstić information content (AvgIpc) is 2.75. The lowest BCUT2D eigenvalue weighted by Gasteiger charge is -2.55. The Labute approximate surface area is 113 Å². The van der Waals surface area contributed by atoms with Crippen molar-refractivity contribution in [2.75, 3.05) is 0 Å². The van der Waals surface area contributed by atoms with Crippen LogP contribution >= 0.6 is 0 Å². The summed E-state index contributed by atoms with van der Waals surface area (Å²) in [7, 11) is 0. The van der Waals surface area contributed by atoms with E-state index in [2.05, 4.69) is 16.1 Å². The standard InChI is InChI=1S/C15H20N4/c16-7-15(14(17)18-8-19-15)6-13-11-2-9-1-10(4-11)5-12(13)3-9/h8-13H,1-6H2,(H2,17,18,19). The minimum Gasteiger partial charge on any atom is -0.384 e. The number of hydrogen-bond acceptors (Lipinski definition) is 4. The zero-order valence-electron chi connectivity index (χ0n) is 11.1. The first-order chi connectivity index (χ1) is 9.20. The van der Waals surface area contributed by atoms with Crippen LogP contribution in [0.2, 0.25) is 0 Å². The van der Waals surface area contributed by atoms with E-state index < -0.39 is 5.54 Å². The van der Waals surface area contributed by atoms with Crippen molar-refractivity contribution in [3.8, 4) is 6.07 Å². The summed E-state index contributed by atoms with van der Waals surface area (Å²) in [6.07, 6.45) is 9.23. The number of amidine groups is 1. The summed E-state index contributed by atoms with van der Waals surface area (Å²) in [5, 5.41) is 9.52. The Kier molecular flexibility index (Phi) is 2.30. The van der Waals surface area contributed by atoms with Crippen LogP contribution < -0.4 is 5.73 Å². The number of nitrogens with two attached hydrogens (primary N) is 1. The van der Waals surface area contributed by atoms with Crippen LogP contribution in [0.4, 0.5) is 0 Å². The van der Waals surface area contributed by atoms with Crippen LogP contribution in [0.3, 0.4) is 0 Å². The molecule has 0 aromatic heterocycles. The zero-order chi connectivity index (χ0) is 13.0. The molecule has 5 rings (SSSR count). The van der Waals surface area contributed by atoms with Gasteiger partial charge in [-0.1, -0.05) is 0 Å². The highest BCUT2D eigenvalue weighted by atomic mass is 15.1. The maximum atomic E-state index is 9.52. The smallest absolute Gasteiger partial charge is 0.205 e. The van der Waals surface area contributed by atoms with E-state index in [1.807, 2.05) is 0 Å². The third-order valence-corrected chi connectivity index (χ3v) is 6.04. The molecule has 4 heteroatoms. The molecule has 0 amide bonds. The van der Waals surface area contributed by atoms with Crippen molar-refractivity contribution in [3.63, 3.8) is 0 Å². The molecule has 1 unspecified atom stereocenters. The zero-order valence-corrected chi connectivity index (χ0v) is 11.1. The fourth-order valence-corrected chi connectivity index (χ4v) is 5.36. The molecule has 1 heterocycles. The summed E-state index contributed by atoms with van der Waals surface area (Å²) in [4.78, 5) is 8.33. The van der Waals surface area contributed by atoms with Crippen LogP contribution in [-0.2, 0) is 0 Å². The minimum absolute atomic E-state index is 0.406. The largest absolute Gasteiger partial charge is 0.384 e. The molecule has 0 aromatic rings. The predicted molar refractivity (Wildman–Crippen MR) is 73.6 cm³/mol. The van der Waals surface area contributed by atoms with Crippen molar-refractivity contribution in [2.45, 2.75) is 44.1 Å². The van der Waals surface area contributed by atoms with Crippen LogP contribution in [0.25, 0.3) is 0 Å². The molecule has 0 aromatic carbocycles. The van der Waals surface area contributed by atoms with E-state index in [1.165, 1.54) is 38.4 Å². The second-order valence-electron chi connectivity index (χ2n) is 7.03. The average molecular weight is 256 g/mol. The normalized spacial score (nSPS) is 50.3. The molecular weight excluding hydrogens is 236 g/mol. The Hall–Kier alpha value is -1.37. The van der Waals surface area contributed by atoms with Crippen molar-refractivity contribution >= 4 is 12.2 Å². The van der Waals surface area contributed by atoms with Gasteiger partial charge in [0.05, 0.1) is 0 Å². The topological polar surface area (TPSA) is 74.5 Å². The fraction of sp³-hybridized carbons (Fsp3) is 0.800. The lowest BCUT2D eigenvalue weighted by atomic mass is 9.50. The van der Waals surface area contributed by atoms with Gasteiger partial charge in [0.2, 0.25) is 5.54 Å². The molecule has 4 aliphatic carbocycles. The highest BCUT2D eigenvalue weighted by Crippen LogP contribution is 2.58. The lowest BCUT2D eigenvalue weighted by molar-refractivity contribution is -0.0421. The Morgan fingerprint density at radius 3 is 2.32 bits per heavy atom. The van der Waals surface area contributed by atoms with Gasteiger partial charge in [0.1, 0.15) is 18.2 Å². The maximum Gasteiger partial charge on any atom is 0.205 e. The third-order valence-electron chi connectivity index (χ3n) is 6.04. The second kappa shape index (κ2) is 3.82. The number of nitrogens with zero attached hydrogens (tertiary/aromatic N) is 3. The Morgan fingerprint density at radius 1 is 1.21 bits per heavy atom. The summed E-state index contributed by atoms with van der Waals surface area (Å²) in [5.74, 6) is 4.60. The van der Waals surface area contributed by atoms with Gasteiger partial charge >= 0.3 is 0 Å². The van der Waals surface area contributed by atoms with E-state index in [0.29, 0.717) is 11.8 Å². The van der Waals surface area contributed by atoms with Gasteiger partial charge in [-0.3, -0.25) is 0 Å². The van der Waals surface area contributed by atoms with E-state index in [0.717, 1.165) is 30.1 Å². The first kappa shape index (κ1) is 11.5. The van der Waals surface area contributed by atoms with Crippen molar-refractivity contribution in [1.29, 1.82) is 5.26 Å². The van der Waals surface area contributed by atoms with E-state index in [9.17, 15) is 5.26 Å². The summed E-state index contributed by atoms with van der Waals surface area (Å²) in [6, 6.07) is 2.33. The molecule has 2 N–H and O–H groups in total. The van der Waals surface area contributed by atoms with E-state index >= 15 is 0 Å². The Bertz CT molecular complexity index is 473. The fourth-order valence-electron chi connectivity index (χ4n) is 5.36. The summed E-state index contributed by atoms with van der Waals surface area (Å²) >= 11 is 0. The summed E-state index contributed by atoms with van der Waals surface area (Å²) in [6.45, 7) is 0. The number of nitriles is 1. The number of rotatable bonds is 2. The van der Waals surface area contributed by atoms with Gasteiger partial charge in [-0.05, 0) is 68.1 Å². The van der Waals surface area contributed by atoms with Crippen molar-refractivity contribution in [2.24, 2.45) is 45.3 Å². The molecule has 100 valence electrons. The van der Waals surface area contributed by atoms with Gasteiger partial charge < -0.3 is 5.73 Å². The molecule has 0 radical (unpaired) electrons. The summed E-state index contributed by atoms with van der Waals surface area (Å²) < 4.78 is 0. The molecule has 4 bridgehead atoms. The van der Waals surface area contributed by atoms with Crippen LogP contribution in [0.1, 0.15) is 38.5 Å². The maximum absolute atomic E-state index is 9.52. The lowest BCUT2D eigenvalue weighted by Crippen LogP contribution is -2.49. The van der Waals surface area contributed by atoms with Crippen LogP contribution in [0, 0.1) is 40.9 Å². The Morgan fingerprint density at radius 2 is 1.84 bits per heavy atom. The third kappa shape index (κ3) is 1.57. The molecule has 4 nitrogen and oxygen atoms in total. The van der Waals surface area contributed by atoms with Crippen molar-refractivity contribution < 1.29 is 0 Å². The first-order valence-electron chi connectivity index (χ1n) is 7.49. The molecule has 19 heavy (non-hydrogen) atoms. The molecule has 0 saturated heterocycles. The SMILES string of the molecule is N#CC1(CC2C3CC4CC(C3)CC2C4)N=CN=C1N. The van der Waals surface area contributed by atoms with Gasteiger partial charge in [-0.25, -0.2) is 9.98 Å². The van der Waals surface area contributed by atoms with Gasteiger partial charge in [-0.2, -0.15) is 5.26 Å². The Balaban J connectivity index is 1.59. The second-order valence-corrected chi connectivity index (χ2v) is 7.03. The van der Waals surface area contributed by atoms with Gasteiger partial charge in [0.15, 0.2) is 0 Å². The van der Waals surface area contributed by atoms with E-state index in [1.54, 1.807) is 0 Å². The summed E-state index contributed by atoms with van der Waals surface area (Å²) in [5.41, 5.74) is 5.08. The molecule has 4 saturated carbocycles. The van der Waals surface area contributed by atoms with Crippen LogP contribution in [0.15, 0.2) is 9.98 Å². The quantitative estimate of drug-likeness (QED) is 0.821. The molecule has 1 atom stereocenters. The van der Waals surface area contributed by atoms with E-state index in [4.69, 9.17) is 5.73 Å². The molecule has 5 aliphatic rings. The van der Waals surface area contributed by atoms with Gasteiger partial charge in [0.25, 0.3) is 0 Å². The van der Waals surface area contributed by atoms with Gasteiger partial charge in [-0.15, -0.1) is 0 Å². The minimum atomic E-state index is -0.847. The molecule has 4 fully saturated rings. The van der Waals surface area contributed by atoms with Crippen molar-refractivity contribution in [3.05, 3.63) is 0 Å². The monoisotopic (exact) mass is 256 g/mol. The highest BCUT2D eigenvalue weighted by molar-refractivity contribution is 6.02. The predicted octanol–water partition coefficient (Wildman–Crippen LogP) is 2.11. The molecular formula is C15H20N4. The number of hydrogen-bond donors (Lipinski definition) is 1. The van der Waals surface area contributed by atoms with Crippen LogP contribution in [-0.4, -0.2) is 17.7 Å². The van der Waals surface area contributed by atoms with Crippen molar-refractivity contribution in [1.82, 2.24) is 0 Å².